The Balaban J connectivity index is 1.77. The lowest BCUT2D eigenvalue weighted by molar-refractivity contribution is 0.459. The first-order valence-electron chi connectivity index (χ1n) is 8.75. The van der Waals surface area contributed by atoms with Crippen LogP contribution in [0.3, 0.4) is 0 Å². The van der Waals surface area contributed by atoms with E-state index in [1.54, 1.807) is 20.2 Å². The Morgan fingerprint density at radius 1 is 1.27 bits per heavy atom. The highest BCUT2D eigenvalue weighted by Gasteiger charge is 2.23. The molecule has 0 radical (unpaired) electrons. The fourth-order valence-electron chi connectivity index (χ4n) is 3.01. The van der Waals surface area contributed by atoms with E-state index in [1.165, 1.54) is 4.31 Å². The Morgan fingerprint density at radius 2 is 2.04 bits per heavy atom. The highest BCUT2D eigenvalue weighted by atomic mass is 32.2. The van der Waals surface area contributed by atoms with Gasteiger partial charge in [-0.25, -0.2) is 18.4 Å². The first-order chi connectivity index (χ1) is 12.5. The van der Waals surface area contributed by atoms with Crippen molar-refractivity contribution in [1.82, 2.24) is 19.6 Å². The molecule has 0 saturated carbocycles. The van der Waals surface area contributed by atoms with E-state index >= 15 is 0 Å². The van der Waals surface area contributed by atoms with Crippen LogP contribution in [0.2, 0.25) is 0 Å². The molecule has 1 atom stereocenters. The molecule has 8 heteroatoms. The minimum atomic E-state index is -3.43. The van der Waals surface area contributed by atoms with Gasteiger partial charge in [0.15, 0.2) is 0 Å². The molecule has 0 aliphatic carbocycles. The van der Waals surface area contributed by atoms with E-state index in [2.05, 4.69) is 20.6 Å². The number of anilines is 1. The van der Waals surface area contributed by atoms with Crippen molar-refractivity contribution in [2.75, 3.05) is 26.0 Å². The molecule has 1 aromatic heterocycles. The number of nitrogens with one attached hydrogen (secondary N) is 2. The first-order valence-corrected chi connectivity index (χ1v) is 10.4. The van der Waals surface area contributed by atoms with Crippen LogP contribution < -0.4 is 10.6 Å². The van der Waals surface area contributed by atoms with E-state index < -0.39 is 10.0 Å². The van der Waals surface area contributed by atoms with Crippen molar-refractivity contribution in [2.24, 2.45) is 0 Å². The molecule has 0 spiro atoms. The molecule has 140 valence electrons. The van der Waals surface area contributed by atoms with Gasteiger partial charge in [0.1, 0.15) is 11.6 Å². The second kappa shape index (κ2) is 8.11. The average Bonchev–Trinajstić information content (AvgIpc) is 3.16. The second-order valence-electron chi connectivity index (χ2n) is 6.50. The average molecular weight is 375 g/mol. The van der Waals surface area contributed by atoms with E-state index in [-0.39, 0.29) is 18.3 Å². The molecule has 2 heterocycles. The summed E-state index contributed by atoms with van der Waals surface area (Å²) < 4.78 is 26.7. The van der Waals surface area contributed by atoms with E-state index in [4.69, 9.17) is 0 Å². The van der Waals surface area contributed by atoms with Crippen LogP contribution in [0.15, 0.2) is 36.4 Å². The third kappa shape index (κ3) is 4.57. The number of hydrogen-bond acceptors (Lipinski definition) is 6. The van der Waals surface area contributed by atoms with Crippen LogP contribution in [0.5, 0.6) is 0 Å². The zero-order valence-corrected chi connectivity index (χ0v) is 16.0. The van der Waals surface area contributed by atoms with Crippen molar-refractivity contribution >= 4 is 15.8 Å². The number of aromatic nitrogens is 2. The van der Waals surface area contributed by atoms with Crippen LogP contribution in [-0.2, 0) is 22.3 Å². The van der Waals surface area contributed by atoms with E-state index in [1.807, 2.05) is 30.3 Å². The highest BCUT2D eigenvalue weighted by molar-refractivity contribution is 7.88. The number of sulfonamides is 1. The van der Waals surface area contributed by atoms with Gasteiger partial charge in [0.25, 0.3) is 0 Å². The summed E-state index contributed by atoms with van der Waals surface area (Å²) in [4.78, 5) is 9.12. The van der Waals surface area contributed by atoms with Gasteiger partial charge in [-0.2, -0.15) is 4.31 Å². The normalized spacial score (nSPS) is 17.6. The molecular weight excluding hydrogens is 350 g/mol. The fourth-order valence-corrected chi connectivity index (χ4v) is 4.17. The maximum absolute atomic E-state index is 12.7. The molecular formula is C18H25N5O2S. The summed E-state index contributed by atoms with van der Waals surface area (Å²) in [7, 11) is -0.0365. The zero-order valence-electron chi connectivity index (χ0n) is 15.1. The minimum absolute atomic E-state index is 0.0225. The lowest BCUT2D eigenvalue weighted by Gasteiger charge is -2.18. The van der Waals surface area contributed by atoms with Gasteiger partial charge in [-0.15, -0.1) is 0 Å². The maximum Gasteiger partial charge on any atom is 0.218 e. The molecule has 26 heavy (non-hydrogen) atoms. The Hall–Kier alpha value is -2.03. The van der Waals surface area contributed by atoms with E-state index in [9.17, 15) is 8.42 Å². The number of hydrogen-bond donors (Lipinski definition) is 2. The molecule has 1 aromatic carbocycles. The number of rotatable bonds is 7. The highest BCUT2D eigenvalue weighted by Crippen LogP contribution is 2.22. The van der Waals surface area contributed by atoms with Gasteiger partial charge < -0.3 is 10.6 Å². The standard InChI is InChI=1S/C18H25N5O2S/c1-19-17-11-15(21-18(22-17)16-9-6-10-20-16)12-23(2)26(24,25)13-14-7-4-3-5-8-14/h3-5,7-8,11,16,20H,6,9-10,12-13H2,1-2H3,(H,19,21,22)/t16-/m0/s1. The van der Waals surface area contributed by atoms with Crippen LogP contribution >= 0.6 is 0 Å². The Bertz CT molecular complexity index is 836. The molecule has 1 saturated heterocycles. The third-order valence-electron chi connectivity index (χ3n) is 4.48. The summed E-state index contributed by atoms with van der Waals surface area (Å²) in [6, 6.07) is 11.1. The monoisotopic (exact) mass is 375 g/mol. The molecule has 2 N–H and O–H groups in total. The van der Waals surface area contributed by atoms with Gasteiger partial charge in [-0.1, -0.05) is 30.3 Å². The first kappa shape index (κ1) is 18.8. The molecule has 7 nitrogen and oxygen atoms in total. The summed E-state index contributed by atoms with van der Waals surface area (Å²) in [5.41, 5.74) is 1.46. The van der Waals surface area contributed by atoms with Gasteiger partial charge in [-0.3, -0.25) is 0 Å². The molecule has 1 fully saturated rings. The molecule has 1 aliphatic rings. The van der Waals surface area contributed by atoms with Crippen molar-refractivity contribution in [2.45, 2.75) is 31.2 Å². The van der Waals surface area contributed by atoms with Gasteiger partial charge >= 0.3 is 0 Å². The van der Waals surface area contributed by atoms with Crippen LogP contribution in [0.4, 0.5) is 5.82 Å². The van der Waals surface area contributed by atoms with E-state index in [0.29, 0.717) is 11.5 Å². The maximum atomic E-state index is 12.7. The minimum Gasteiger partial charge on any atom is -0.373 e. The van der Waals surface area contributed by atoms with Gasteiger partial charge in [-0.05, 0) is 24.9 Å². The predicted octanol–water partition coefficient (Wildman–Crippen LogP) is 1.90. The van der Waals surface area contributed by atoms with Gasteiger partial charge in [0.2, 0.25) is 10.0 Å². The predicted molar refractivity (Wildman–Crippen MR) is 102 cm³/mol. The SMILES string of the molecule is CNc1cc(CN(C)S(=O)(=O)Cc2ccccc2)nc([C@@H]2CCCN2)n1. The second-order valence-corrected chi connectivity index (χ2v) is 8.58. The van der Waals surface area contributed by atoms with Crippen LogP contribution in [-0.4, -0.2) is 43.3 Å². The van der Waals surface area contributed by atoms with Crippen molar-refractivity contribution in [3.8, 4) is 0 Å². The topological polar surface area (TPSA) is 87.2 Å². The Labute approximate surface area is 154 Å². The molecule has 3 rings (SSSR count). The molecule has 0 amide bonds. The summed E-state index contributed by atoms with van der Waals surface area (Å²) in [5.74, 6) is 1.40. The van der Waals surface area contributed by atoms with Crippen molar-refractivity contribution in [1.29, 1.82) is 0 Å². The molecule has 0 bridgehead atoms. The lowest BCUT2D eigenvalue weighted by atomic mass is 10.2. The molecule has 2 aromatic rings. The lowest BCUT2D eigenvalue weighted by Crippen LogP contribution is -2.28. The summed E-state index contributed by atoms with van der Waals surface area (Å²) in [6.45, 7) is 1.17. The third-order valence-corrected chi connectivity index (χ3v) is 6.25. The molecule has 1 aliphatic heterocycles. The van der Waals surface area contributed by atoms with Crippen molar-refractivity contribution < 1.29 is 8.42 Å². The summed E-state index contributed by atoms with van der Waals surface area (Å²) >= 11 is 0. The fraction of sp³-hybridized carbons (Fsp3) is 0.444. The summed E-state index contributed by atoms with van der Waals surface area (Å²) in [5, 5.41) is 6.42. The largest absolute Gasteiger partial charge is 0.373 e. The van der Waals surface area contributed by atoms with Gasteiger partial charge in [0.05, 0.1) is 24.0 Å². The smallest absolute Gasteiger partial charge is 0.218 e. The number of benzene rings is 1. The Kier molecular flexibility index (Phi) is 5.85. The zero-order chi connectivity index (χ0) is 18.6. The van der Waals surface area contributed by atoms with Crippen LogP contribution in [0.1, 0.15) is 36.0 Å². The van der Waals surface area contributed by atoms with Crippen molar-refractivity contribution in [3.05, 3.63) is 53.5 Å². The van der Waals surface area contributed by atoms with Crippen LogP contribution in [0, 0.1) is 0 Å². The van der Waals surface area contributed by atoms with Crippen LogP contribution in [0.25, 0.3) is 0 Å². The molecule has 0 unspecified atom stereocenters. The van der Waals surface area contributed by atoms with Crippen molar-refractivity contribution in [3.63, 3.8) is 0 Å². The summed E-state index contributed by atoms with van der Waals surface area (Å²) in [6.07, 6.45) is 2.09. The van der Waals surface area contributed by atoms with E-state index in [0.717, 1.165) is 30.8 Å². The van der Waals surface area contributed by atoms with Gasteiger partial charge in [0, 0.05) is 20.2 Å². The quantitative estimate of drug-likeness (QED) is 0.769. The Morgan fingerprint density at radius 3 is 2.69 bits per heavy atom. The number of nitrogens with zero attached hydrogens (tertiary/aromatic N) is 3.